The summed E-state index contributed by atoms with van der Waals surface area (Å²) in [6.45, 7) is 1.79. The van der Waals surface area contributed by atoms with E-state index in [1.54, 1.807) is 43.3 Å². The van der Waals surface area contributed by atoms with Gasteiger partial charge in [0.25, 0.3) is 5.91 Å². The molecule has 0 aliphatic heterocycles. The highest BCUT2D eigenvalue weighted by Gasteiger charge is 2.12. The molecule has 0 heterocycles. The standard InChI is InChI=1S/C21H24N2O7/c1-5-29-21(25)15-6-8-16(9-7-15)30-13-19(24)23-22-12-14-10-17(26-2)20(28-4)18(11-14)27-3/h6-12H,5,13H2,1-4H3,(H,23,24). The van der Waals surface area contributed by atoms with Crippen LogP contribution in [0.15, 0.2) is 41.5 Å². The third-order valence-corrected chi connectivity index (χ3v) is 3.83. The van der Waals surface area contributed by atoms with Gasteiger partial charge in [-0.15, -0.1) is 0 Å². The zero-order chi connectivity index (χ0) is 21.9. The average Bonchev–Trinajstić information content (AvgIpc) is 2.77. The Kier molecular flexibility index (Phi) is 8.49. The molecule has 0 radical (unpaired) electrons. The Morgan fingerprint density at radius 3 is 2.17 bits per heavy atom. The van der Waals surface area contributed by atoms with Crippen LogP contribution < -0.4 is 24.4 Å². The Bertz CT molecular complexity index is 870. The maximum atomic E-state index is 11.9. The number of nitrogens with one attached hydrogen (secondary N) is 1. The number of hydrogen-bond acceptors (Lipinski definition) is 8. The van der Waals surface area contributed by atoms with E-state index >= 15 is 0 Å². The summed E-state index contributed by atoms with van der Waals surface area (Å²) in [7, 11) is 4.53. The van der Waals surface area contributed by atoms with Crippen LogP contribution in [-0.4, -0.2) is 52.6 Å². The minimum atomic E-state index is -0.451. The molecule has 0 bridgehead atoms. The first-order valence-electron chi connectivity index (χ1n) is 9.04. The van der Waals surface area contributed by atoms with Gasteiger partial charge in [0.05, 0.1) is 39.7 Å². The van der Waals surface area contributed by atoms with E-state index in [-0.39, 0.29) is 6.61 Å². The number of amides is 1. The van der Waals surface area contributed by atoms with Gasteiger partial charge in [0, 0.05) is 5.56 Å². The van der Waals surface area contributed by atoms with Gasteiger partial charge < -0.3 is 23.7 Å². The highest BCUT2D eigenvalue weighted by molar-refractivity contribution is 5.89. The minimum Gasteiger partial charge on any atom is -0.493 e. The third kappa shape index (κ3) is 6.13. The van der Waals surface area contributed by atoms with Gasteiger partial charge in [-0.05, 0) is 43.3 Å². The number of esters is 1. The van der Waals surface area contributed by atoms with Gasteiger partial charge in [-0.25, -0.2) is 10.2 Å². The Hall–Kier alpha value is -3.75. The van der Waals surface area contributed by atoms with Crippen LogP contribution in [0.25, 0.3) is 0 Å². The zero-order valence-corrected chi connectivity index (χ0v) is 17.3. The lowest BCUT2D eigenvalue weighted by Gasteiger charge is -2.12. The Morgan fingerprint density at radius 2 is 1.63 bits per heavy atom. The van der Waals surface area contributed by atoms with Crippen molar-refractivity contribution in [2.24, 2.45) is 5.10 Å². The predicted octanol–water partition coefficient (Wildman–Crippen LogP) is 2.42. The smallest absolute Gasteiger partial charge is 0.338 e. The van der Waals surface area contributed by atoms with Crippen molar-refractivity contribution >= 4 is 18.1 Å². The van der Waals surface area contributed by atoms with Gasteiger partial charge in [-0.3, -0.25) is 4.79 Å². The number of carbonyl (C=O) groups is 2. The van der Waals surface area contributed by atoms with Gasteiger partial charge >= 0.3 is 5.97 Å². The molecule has 0 spiro atoms. The summed E-state index contributed by atoms with van der Waals surface area (Å²) in [6.07, 6.45) is 1.44. The van der Waals surface area contributed by atoms with Gasteiger partial charge in [0.2, 0.25) is 5.75 Å². The predicted molar refractivity (Wildman–Crippen MR) is 110 cm³/mol. The van der Waals surface area contributed by atoms with Crippen LogP contribution in [0.4, 0.5) is 0 Å². The maximum absolute atomic E-state index is 11.9. The lowest BCUT2D eigenvalue weighted by molar-refractivity contribution is -0.123. The van der Waals surface area contributed by atoms with Crippen LogP contribution >= 0.6 is 0 Å². The van der Waals surface area contributed by atoms with Crippen LogP contribution in [0.2, 0.25) is 0 Å². The summed E-state index contributed by atoms with van der Waals surface area (Å²) in [5.41, 5.74) is 3.42. The number of hydrazone groups is 1. The van der Waals surface area contributed by atoms with Gasteiger partial charge in [0.1, 0.15) is 5.75 Å². The Labute approximate surface area is 174 Å². The molecule has 0 fully saturated rings. The van der Waals surface area contributed by atoms with Crippen molar-refractivity contribution in [3.63, 3.8) is 0 Å². The molecule has 9 heteroatoms. The molecule has 2 rings (SSSR count). The molecule has 9 nitrogen and oxygen atoms in total. The van der Waals surface area contributed by atoms with Gasteiger partial charge in [0.15, 0.2) is 18.1 Å². The first kappa shape index (κ1) is 22.5. The summed E-state index contributed by atoms with van der Waals surface area (Å²) in [5.74, 6) is 0.977. The summed E-state index contributed by atoms with van der Waals surface area (Å²) in [4.78, 5) is 23.5. The molecule has 1 N–H and O–H groups in total. The second-order valence-corrected chi connectivity index (χ2v) is 5.79. The van der Waals surface area contributed by atoms with Gasteiger partial charge in [-0.2, -0.15) is 5.10 Å². The lowest BCUT2D eigenvalue weighted by Crippen LogP contribution is -2.24. The molecule has 2 aromatic rings. The number of benzene rings is 2. The molecule has 0 aliphatic rings. The second-order valence-electron chi connectivity index (χ2n) is 5.79. The third-order valence-electron chi connectivity index (χ3n) is 3.83. The minimum absolute atomic E-state index is 0.245. The van der Waals surface area contributed by atoms with Crippen LogP contribution in [0.3, 0.4) is 0 Å². The summed E-state index contributed by atoms with van der Waals surface area (Å²) in [5, 5.41) is 3.90. The number of carbonyl (C=O) groups excluding carboxylic acids is 2. The Morgan fingerprint density at radius 1 is 1.00 bits per heavy atom. The Balaban J connectivity index is 1.90. The molecule has 2 aromatic carbocycles. The largest absolute Gasteiger partial charge is 0.493 e. The monoisotopic (exact) mass is 416 g/mol. The molecule has 160 valence electrons. The van der Waals surface area contributed by atoms with Crippen molar-refractivity contribution in [1.82, 2.24) is 5.43 Å². The fourth-order valence-electron chi connectivity index (χ4n) is 2.44. The molecule has 30 heavy (non-hydrogen) atoms. The van der Waals surface area contributed by atoms with Gasteiger partial charge in [-0.1, -0.05) is 0 Å². The molecule has 0 atom stereocenters. The average molecular weight is 416 g/mol. The van der Waals surface area contributed by atoms with Crippen LogP contribution in [0.1, 0.15) is 22.8 Å². The molecular formula is C21H24N2O7. The van der Waals surface area contributed by atoms with Crippen molar-refractivity contribution in [3.8, 4) is 23.0 Å². The number of nitrogens with zero attached hydrogens (tertiary/aromatic N) is 1. The van der Waals surface area contributed by atoms with Crippen LogP contribution in [0.5, 0.6) is 23.0 Å². The topological polar surface area (TPSA) is 105 Å². The molecule has 0 unspecified atom stereocenters. The summed E-state index contributed by atoms with van der Waals surface area (Å²) < 4.78 is 26.1. The van der Waals surface area contributed by atoms with Crippen molar-refractivity contribution in [3.05, 3.63) is 47.5 Å². The van der Waals surface area contributed by atoms with E-state index < -0.39 is 11.9 Å². The van der Waals surface area contributed by atoms with Crippen LogP contribution in [-0.2, 0) is 9.53 Å². The van der Waals surface area contributed by atoms with E-state index in [0.717, 1.165) is 0 Å². The van der Waals surface area contributed by atoms with Crippen molar-refractivity contribution in [2.45, 2.75) is 6.92 Å². The lowest BCUT2D eigenvalue weighted by atomic mass is 10.2. The van der Waals surface area contributed by atoms with Crippen molar-refractivity contribution in [1.29, 1.82) is 0 Å². The first-order valence-corrected chi connectivity index (χ1v) is 9.04. The van der Waals surface area contributed by atoms with Crippen molar-refractivity contribution in [2.75, 3.05) is 34.5 Å². The number of rotatable bonds is 10. The maximum Gasteiger partial charge on any atom is 0.338 e. The molecule has 1 amide bonds. The fraction of sp³-hybridized carbons (Fsp3) is 0.286. The number of hydrogen-bond donors (Lipinski definition) is 1. The quantitative estimate of drug-likeness (QED) is 0.360. The van der Waals surface area contributed by atoms with E-state index in [1.807, 2.05) is 0 Å². The second kappa shape index (κ2) is 11.3. The highest BCUT2D eigenvalue weighted by Crippen LogP contribution is 2.37. The van der Waals surface area contributed by atoms with E-state index in [2.05, 4.69) is 10.5 Å². The summed E-state index contributed by atoms with van der Waals surface area (Å²) >= 11 is 0. The highest BCUT2D eigenvalue weighted by atomic mass is 16.5. The zero-order valence-electron chi connectivity index (χ0n) is 17.3. The molecule has 0 aliphatic carbocycles. The van der Waals surface area contributed by atoms with E-state index in [4.69, 9.17) is 23.7 Å². The van der Waals surface area contributed by atoms with Crippen molar-refractivity contribution < 1.29 is 33.3 Å². The van der Waals surface area contributed by atoms with E-state index in [9.17, 15) is 9.59 Å². The summed E-state index contributed by atoms with van der Waals surface area (Å²) in [6, 6.07) is 9.68. The molecular weight excluding hydrogens is 392 g/mol. The first-order chi connectivity index (χ1) is 14.5. The normalized spacial score (nSPS) is 10.4. The van der Waals surface area contributed by atoms with E-state index in [0.29, 0.717) is 40.7 Å². The number of ether oxygens (including phenoxy) is 5. The van der Waals surface area contributed by atoms with E-state index in [1.165, 1.54) is 27.5 Å². The molecule has 0 aromatic heterocycles. The SMILES string of the molecule is CCOC(=O)c1ccc(OCC(=O)NN=Cc2cc(OC)c(OC)c(OC)c2)cc1. The number of methoxy groups -OCH3 is 3. The molecule has 0 saturated carbocycles. The van der Waals surface area contributed by atoms with Crippen LogP contribution in [0, 0.1) is 0 Å². The molecule has 0 saturated heterocycles. The fourth-order valence-corrected chi connectivity index (χ4v) is 2.44.